The van der Waals surface area contributed by atoms with E-state index in [9.17, 15) is 4.79 Å². The summed E-state index contributed by atoms with van der Waals surface area (Å²) in [5, 5.41) is 6.24. The van der Waals surface area contributed by atoms with Crippen LogP contribution in [0, 0.1) is 0 Å². The molecule has 9 heteroatoms. The number of methoxy groups -OCH3 is 1. The number of carbonyl (C=O) groups is 1. The third-order valence-corrected chi connectivity index (χ3v) is 6.64. The third-order valence-electron chi connectivity index (χ3n) is 6.64. The summed E-state index contributed by atoms with van der Waals surface area (Å²) in [4.78, 5) is 21.8. The molecule has 4 rings (SSSR count). The molecule has 206 valence electrons. The van der Waals surface area contributed by atoms with Gasteiger partial charge in [-0.3, -0.25) is 14.7 Å². The van der Waals surface area contributed by atoms with Crippen molar-refractivity contribution in [2.45, 2.75) is 19.4 Å². The first-order chi connectivity index (χ1) is 19.0. The quantitative estimate of drug-likeness (QED) is 0.220. The van der Waals surface area contributed by atoms with E-state index < -0.39 is 0 Å². The highest BCUT2D eigenvalue weighted by atomic mass is 16.5. The lowest BCUT2D eigenvalue weighted by molar-refractivity contribution is 0.0369. The van der Waals surface area contributed by atoms with Crippen molar-refractivity contribution in [1.29, 1.82) is 0 Å². The van der Waals surface area contributed by atoms with E-state index >= 15 is 0 Å². The molecule has 3 aromatic rings. The first-order valence-corrected chi connectivity index (χ1v) is 13.3. The Morgan fingerprint density at radius 2 is 1.92 bits per heavy atom. The van der Waals surface area contributed by atoms with E-state index in [1.165, 1.54) is 0 Å². The first kappa shape index (κ1) is 27.9. The van der Waals surface area contributed by atoms with Gasteiger partial charge in [0.2, 0.25) is 0 Å². The summed E-state index contributed by atoms with van der Waals surface area (Å²) in [5.41, 5.74) is 9.23. The number of pyridine rings is 1. The second kappa shape index (κ2) is 14.2. The molecule has 1 aromatic heterocycles. The normalized spacial score (nSPS) is 13.5. The molecule has 9 nitrogen and oxygen atoms in total. The summed E-state index contributed by atoms with van der Waals surface area (Å²) in [6, 6.07) is 18.6. The summed E-state index contributed by atoms with van der Waals surface area (Å²) in [7, 11) is 1.65. The average molecular weight is 531 g/mol. The number of hydrogen-bond donors (Lipinski definition) is 3. The topological polar surface area (TPSA) is 105 Å². The zero-order valence-electron chi connectivity index (χ0n) is 22.6. The van der Waals surface area contributed by atoms with Crippen LogP contribution in [0.1, 0.15) is 28.9 Å². The van der Waals surface area contributed by atoms with Crippen LogP contribution in [-0.2, 0) is 11.3 Å². The van der Waals surface area contributed by atoms with E-state index in [4.69, 9.17) is 15.2 Å². The molecule has 4 N–H and O–H groups in total. The first-order valence-electron chi connectivity index (χ1n) is 13.3. The zero-order valence-corrected chi connectivity index (χ0v) is 22.6. The van der Waals surface area contributed by atoms with E-state index in [0.717, 1.165) is 75.1 Å². The largest absolute Gasteiger partial charge is 0.497 e. The molecule has 0 bridgehead atoms. The van der Waals surface area contributed by atoms with E-state index in [-0.39, 0.29) is 5.91 Å². The Hall–Kier alpha value is -4.08. The van der Waals surface area contributed by atoms with E-state index in [1.54, 1.807) is 31.5 Å². The number of amides is 1. The molecule has 0 atom stereocenters. The highest BCUT2D eigenvalue weighted by molar-refractivity contribution is 6.04. The number of unbranched alkanes of at least 4 members (excludes halogenated alkanes) is 1. The zero-order chi connectivity index (χ0) is 27.5. The van der Waals surface area contributed by atoms with Crippen LogP contribution in [0.2, 0.25) is 0 Å². The molecular weight excluding hydrogens is 492 g/mol. The standard InChI is InChI=1S/C30H38N6O3/c1-23(33-25-8-7-9-26(20-25)38-2)36(15-6-5-14-35-16-18-39-19-17-35)22-24-12-13-29(32-21-24)30(37)34-28-11-4-3-10-27(28)31/h3-4,7-13,20-21,33H,1,5-6,14-19,22,31H2,2H3,(H,34,37). The number of nitrogens with two attached hydrogens (primary N) is 1. The number of nitrogen functional groups attached to an aromatic ring is 1. The molecule has 2 heterocycles. The number of rotatable bonds is 13. The van der Waals surface area contributed by atoms with Crippen LogP contribution in [0.5, 0.6) is 5.75 Å². The number of hydrogen-bond acceptors (Lipinski definition) is 8. The van der Waals surface area contributed by atoms with Gasteiger partial charge in [-0.25, -0.2) is 0 Å². The fourth-order valence-corrected chi connectivity index (χ4v) is 4.39. The molecular formula is C30H38N6O3. The summed E-state index contributed by atoms with van der Waals surface area (Å²) >= 11 is 0. The van der Waals surface area contributed by atoms with Gasteiger partial charge in [0.05, 0.1) is 37.5 Å². The number of nitrogens with zero attached hydrogens (tertiary/aromatic N) is 3. The van der Waals surface area contributed by atoms with Gasteiger partial charge in [-0.05, 0) is 55.3 Å². The van der Waals surface area contributed by atoms with Crippen LogP contribution in [0.4, 0.5) is 17.1 Å². The molecule has 1 aliphatic heterocycles. The van der Waals surface area contributed by atoms with Crippen LogP contribution in [0.25, 0.3) is 0 Å². The predicted octanol–water partition coefficient (Wildman–Crippen LogP) is 4.42. The second-order valence-electron chi connectivity index (χ2n) is 9.48. The van der Waals surface area contributed by atoms with Crippen LogP contribution < -0.4 is 21.1 Å². The maximum Gasteiger partial charge on any atom is 0.274 e. The molecule has 39 heavy (non-hydrogen) atoms. The molecule has 0 saturated carbocycles. The van der Waals surface area contributed by atoms with Gasteiger partial charge in [0.15, 0.2) is 0 Å². The van der Waals surface area contributed by atoms with Gasteiger partial charge in [0.1, 0.15) is 11.4 Å². The van der Waals surface area contributed by atoms with Gasteiger partial charge in [0.25, 0.3) is 5.91 Å². The number of morpholine rings is 1. The van der Waals surface area contributed by atoms with Crippen LogP contribution in [0.3, 0.4) is 0 Å². The monoisotopic (exact) mass is 530 g/mol. The summed E-state index contributed by atoms with van der Waals surface area (Å²) in [6.07, 6.45) is 3.84. The number of benzene rings is 2. The van der Waals surface area contributed by atoms with Crippen molar-refractivity contribution in [3.63, 3.8) is 0 Å². The molecule has 1 aliphatic rings. The molecule has 1 fully saturated rings. The fourth-order valence-electron chi connectivity index (χ4n) is 4.39. The second-order valence-corrected chi connectivity index (χ2v) is 9.48. The summed E-state index contributed by atoms with van der Waals surface area (Å²) in [6.45, 7) is 10.4. The summed E-state index contributed by atoms with van der Waals surface area (Å²) < 4.78 is 10.8. The molecule has 2 aromatic carbocycles. The Kier molecular flexibility index (Phi) is 10.2. The maximum absolute atomic E-state index is 12.7. The highest BCUT2D eigenvalue weighted by Crippen LogP contribution is 2.21. The SMILES string of the molecule is C=C(Nc1cccc(OC)c1)N(CCCCN1CCOCC1)Cc1ccc(C(=O)Nc2ccccc2N)nc1. The Balaban J connectivity index is 1.38. The number of carbonyl (C=O) groups excluding carboxylic acids is 1. The maximum atomic E-state index is 12.7. The molecule has 0 spiro atoms. The number of para-hydroxylation sites is 2. The molecule has 0 aliphatic carbocycles. The van der Waals surface area contributed by atoms with Crippen molar-refractivity contribution in [1.82, 2.24) is 14.8 Å². The smallest absolute Gasteiger partial charge is 0.274 e. The summed E-state index contributed by atoms with van der Waals surface area (Å²) in [5.74, 6) is 1.26. The van der Waals surface area contributed by atoms with Gasteiger partial charge in [-0.1, -0.05) is 30.8 Å². The van der Waals surface area contributed by atoms with Gasteiger partial charge in [-0.2, -0.15) is 0 Å². The number of ether oxygens (including phenoxy) is 2. The Labute approximate surface area is 230 Å². The number of aromatic nitrogens is 1. The minimum Gasteiger partial charge on any atom is -0.497 e. The Bertz CT molecular complexity index is 1230. The molecule has 1 saturated heterocycles. The van der Waals surface area contributed by atoms with Crippen molar-refractivity contribution in [3.8, 4) is 5.75 Å². The minimum absolute atomic E-state index is 0.302. The number of anilines is 3. The lowest BCUT2D eigenvalue weighted by Gasteiger charge is -2.29. The molecule has 0 unspecified atom stereocenters. The Morgan fingerprint density at radius 3 is 2.67 bits per heavy atom. The third kappa shape index (κ3) is 8.46. The van der Waals surface area contributed by atoms with Crippen molar-refractivity contribution in [3.05, 3.63) is 90.5 Å². The van der Waals surface area contributed by atoms with E-state index in [0.29, 0.717) is 23.6 Å². The van der Waals surface area contributed by atoms with E-state index in [1.807, 2.05) is 42.5 Å². The minimum atomic E-state index is -0.302. The van der Waals surface area contributed by atoms with Gasteiger partial charge in [0, 0.05) is 44.1 Å². The average Bonchev–Trinajstić information content (AvgIpc) is 2.96. The van der Waals surface area contributed by atoms with Crippen molar-refractivity contribution >= 4 is 23.0 Å². The van der Waals surface area contributed by atoms with Crippen molar-refractivity contribution in [2.24, 2.45) is 0 Å². The van der Waals surface area contributed by atoms with Crippen molar-refractivity contribution in [2.75, 3.05) is 62.9 Å². The van der Waals surface area contributed by atoms with Crippen LogP contribution in [-0.4, -0.2) is 67.2 Å². The van der Waals surface area contributed by atoms with Crippen LogP contribution in [0.15, 0.2) is 79.3 Å². The van der Waals surface area contributed by atoms with Gasteiger partial charge in [-0.15, -0.1) is 0 Å². The van der Waals surface area contributed by atoms with Crippen molar-refractivity contribution < 1.29 is 14.3 Å². The highest BCUT2D eigenvalue weighted by Gasteiger charge is 2.14. The number of nitrogens with one attached hydrogen (secondary N) is 2. The van der Waals surface area contributed by atoms with E-state index in [2.05, 4.69) is 32.0 Å². The van der Waals surface area contributed by atoms with Gasteiger partial charge < -0.3 is 30.7 Å². The lowest BCUT2D eigenvalue weighted by atomic mass is 10.2. The van der Waals surface area contributed by atoms with Gasteiger partial charge >= 0.3 is 0 Å². The molecule has 0 radical (unpaired) electrons. The lowest BCUT2D eigenvalue weighted by Crippen LogP contribution is -2.37. The van der Waals surface area contributed by atoms with Crippen LogP contribution >= 0.6 is 0 Å². The predicted molar refractivity (Wildman–Crippen MR) is 156 cm³/mol. The Morgan fingerprint density at radius 1 is 1.10 bits per heavy atom. The molecule has 1 amide bonds. The fraction of sp³-hybridized carbons (Fsp3) is 0.333.